The number of H-pyrrole nitrogens is 1. The summed E-state index contributed by atoms with van der Waals surface area (Å²) >= 11 is 12.1. The molecule has 0 saturated carbocycles. The standard InChI is InChI=1S/C16H12Cl2N2O/c17-12-2-1-3-13(18)16(12)20-15(21)9-10-4-5-14-11(8-10)6-7-19-14/h1-8,19H,9H2,(H,20,21). The number of fused-ring (bicyclic) bond motifs is 1. The number of aromatic amines is 1. The van der Waals surface area contributed by atoms with Crippen molar-refractivity contribution in [3.8, 4) is 0 Å². The van der Waals surface area contributed by atoms with Gasteiger partial charge in [0.1, 0.15) is 0 Å². The summed E-state index contributed by atoms with van der Waals surface area (Å²) in [6, 6.07) is 13.0. The van der Waals surface area contributed by atoms with Crippen LogP contribution in [0.4, 0.5) is 5.69 Å². The second-order valence-electron chi connectivity index (χ2n) is 4.72. The third-order valence-corrected chi connectivity index (χ3v) is 3.84. The Labute approximate surface area is 131 Å². The molecule has 1 amide bonds. The predicted molar refractivity (Wildman–Crippen MR) is 87.1 cm³/mol. The Hall–Kier alpha value is -1.97. The highest BCUT2D eigenvalue weighted by Gasteiger charge is 2.10. The van der Waals surface area contributed by atoms with Crippen molar-refractivity contribution in [3.05, 3.63) is 64.3 Å². The molecular weight excluding hydrogens is 307 g/mol. The fraction of sp³-hybridized carbons (Fsp3) is 0.0625. The number of halogens is 2. The molecule has 1 heterocycles. The average Bonchev–Trinajstić information content (AvgIpc) is 2.90. The number of para-hydroxylation sites is 1. The van der Waals surface area contributed by atoms with E-state index in [-0.39, 0.29) is 12.3 Å². The zero-order valence-corrected chi connectivity index (χ0v) is 12.5. The van der Waals surface area contributed by atoms with Crippen molar-refractivity contribution in [2.45, 2.75) is 6.42 Å². The van der Waals surface area contributed by atoms with Crippen LogP contribution in [0.2, 0.25) is 10.0 Å². The molecule has 3 aromatic rings. The van der Waals surface area contributed by atoms with Crippen molar-refractivity contribution < 1.29 is 4.79 Å². The maximum absolute atomic E-state index is 12.1. The summed E-state index contributed by atoms with van der Waals surface area (Å²) in [7, 11) is 0. The normalized spacial score (nSPS) is 10.8. The topological polar surface area (TPSA) is 44.9 Å². The molecule has 106 valence electrons. The lowest BCUT2D eigenvalue weighted by Crippen LogP contribution is -2.15. The van der Waals surface area contributed by atoms with E-state index in [1.807, 2.05) is 30.5 Å². The average molecular weight is 319 g/mol. The number of benzene rings is 2. The molecule has 3 rings (SSSR count). The minimum Gasteiger partial charge on any atom is -0.361 e. The van der Waals surface area contributed by atoms with Crippen molar-refractivity contribution in [2.75, 3.05) is 5.32 Å². The molecule has 2 N–H and O–H groups in total. The van der Waals surface area contributed by atoms with Crippen molar-refractivity contribution >= 4 is 45.7 Å². The molecule has 0 unspecified atom stereocenters. The molecule has 0 aliphatic carbocycles. The molecule has 0 radical (unpaired) electrons. The van der Waals surface area contributed by atoms with E-state index in [0.717, 1.165) is 16.5 Å². The summed E-state index contributed by atoms with van der Waals surface area (Å²) < 4.78 is 0. The van der Waals surface area contributed by atoms with Crippen molar-refractivity contribution in [1.82, 2.24) is 4.98 Å². The SMILES string of the molecule is O=C(Cc1ccc2[nH]ccc2c1)Nc1c(Cl)cccc1Cl. The zero-order valence-electron chi connectivity index (χ0n) is 11.0. The number of aromatic nitrogens is 1. The van der Waals surface area contributed by atoms with E-state index in [4.69, 9.17) is 23.2 Å². The van der Waals surface area contributed by atoms with Crippen LogP contribution < -0.4 is 5.32 Å². The molecule has 0 bridgehead atoms. The fourth-order valence-electron chi connectivity index (χ4n) is 2.20. The quantitative estimate of drug-likeness (QED) is 0.725. The van der Waals surface area contributed by atoms with Crippen LogP contribution in [-0.4, -0.2) is 10.9 Å². The Balaban J connectivity index is 1.77. The van der Waals surface area contributed by atoms with Crippen LogP contribution in [0.15, 0.2) is 48.7 Å². The van der Waals surface area contributed by atoms with Crippen LogP contribution in [0.3, 0.4) is 0 Å². The molecule has 2 aromatic carbocycles. The van der Waals surface area contributed by atoms with Gasteiger partial charge in [-0.2, -0.15) is 0 Å². The predicted octanol–water partition coefficient (Wildman–Crippen LogP) is 4.66. The summed E-state index contributed by atoms with van der Waals surface area (Å²) in [4.78, 5) is 15.2. The number of rotatable bonds is 3. The molecule has 1 aromatic heterocycles. The molecule has 0 saturated heterocycles. The number of hydrogen-bond donors (Lipinski definition) is 2. The monoisotopic (exact) mass is 318 g/mol. The highest BCUT2D eigenvalue weighted by Crippen LogP contribution is 2.29. The number of carbonyl (C=O) groups is 1. The minimum atomic E-state index is -0.153. The van der Waals surface area contributed by atoms with E-state index in [2.05, 4.69) is 10.3 Å². The van der Waals surface area contributed by atoms with Crippen molar-refractivity contribution in [3.63, 3.8) is 0 Å². The largest absolute Gasteiger partial charge is 0.361 e. The molecule has 0 aliphatic rings. The highest BCUT2D eigenvalue weighted by molar-refractivity contribution is 6.39. The zero-order chi connectivity index (χ0) is 14.8. The second-order valence-corrected chi connectivity index (χ2v) is 5.54. The first-order valence-electron chi connectivity index (χ1n) is 6.43. The Morgan fingerprint density at radius 3 is 2.62 bits per heavy atom. The van der Waals surface area contributed by atoms with Gasteiger partial charge in [-0.3, -0.25) is 4.79 Å². The summed E-state index contributed by atoms with van der Waals surface area (Å²) in [5, 5.41) is 4.69. The second kappa shape index (κ2) is 5.80. The van der Waals surface area contributed by atoms with Crippen molar-refractivity contribution in [1.29, 1.82) is 0 Å². The molecule has 0 atom stereocenters. The lowest BCUT2D eigenvalue weighted by atomic mass is 10.1. The van der Waals surface area contributed by atoms with Gasteiger partial charge in [-0.05, 0) is 41.3 Å². The first kappa shape index (κ1) is 14.0. The van der Waals surface area contributed by atoms with E-state index in [9.17, 15) is 4.79 Å². The third-order valence-electron chi connectivity index (χ3n) is 3.21. The van der Waals surface area contributed by atoms with Gasteiger partial charge < -0.3 is 10.3 Å². The first-order chi connectivity index (χ1) is 10.1. The van der Waals surface area contributed by atoms with Gasteiger partial charge in [0, 0.05) is 11.7 Å². The molecule has 5 heteroatoms. The molecule has 0 aliphatic heterocycles. The lowest BCUT2D eigenvalue weighted by Gasteiger charge is -2.09. The maximum Gasteiger partial charge on any atom is 0.228 e. The number of hydrogen-bond acceptors (Lipinski definition) is 1. The van der Waals surface area contributed by atoms with Gasteiger partial charge in [0.2, 0.25) is 5.91 Å². The van der Waals surface area contributed by atoms with Crippen LogP contribution in [-0.2, 0) is 11.2 Å². The third kappa shape index (κ3) is 3.04. The number of nitrogens with one attached hydrogen (secondary N) is 2. The number of amides is 1. The fourth-order valence-corrected chi connectivity index (χ4v) is 2.69. The van der Waals surface area contributed by atoms with Crippen LogP contribution >= 0.6 is 23.2 Å². The maximum atomic E-state index is 12.1. The summed E-state index contributed by atoms with van der Waals surface area (Å²) in [6.07, 6.45) is 2.14. The Kier molecular flexibility index (Phi) is 3.86. The van der Waals surface area contributed by atoms with Crippen LogP contribution in [0, 0.1) is 0 Å². The Morgan fingerprint density at radius 1 is 1.10 bits per heavy atom. The smallest absolute Gasteiger partial charge is 0.228 e. The Bertz CT molecular complexity index is 791. The van der Waals surface area contributed by atoms with E-state index < -0.39 is 0 Å². The van der Waals surface area contributed by atoms with Gasteiger partial charge in [-0.15, -0.1) is 0 Å². The van der Waals surface area contributed by atoms with Gasteiger partial charge in [-0.1, -0.05) is 35.3 Å². The molecule has 0 fully saturated rings. The van der Waals surface area contributed by atoms with Gasteiger partial charge in [0.05, 0.1) is 22.2 Å². The van der Waals surface area contributed by atoms with Crippen LogP contribution in [0.25, 0.3) is 10.9 Å². The minimum absolute atomic E-state index is 0.153. The summed E-state index contributed by atoms with van der Waals surface area (Å²) in [6.45, 7) is 0. The highest BCUT2D eigenvalue weighted by atomic mass is 35.5. The molecular formula is C16H12Cl2N2O. The van der Waals surface area contributed by atoms with Crippen LogP contribution in [0.5, 0.6) is 0 Å². The van der Waals surface area contributed by atoms with Crippen molar-refractivity contribution in [2.24, 2.45) is 0 Å². The summed E-state index contributed by atoms with van der Waals surface area (Å²) in [5.41, 5.74) is 2.43. The van der Waals surface area contributed by atoms with E-state index >= 15 is 0 Å². The number of carbonyl (C=O) groups excluding carboxylic acids is 1. The molecule has 3 nitrogen and oxygen atoms in total. The number of anilines is 1. The van der Waals surface area contributed by atoms with E-state index in [1.54, 1.807) is 18.2 Å². The van der Waals surface area contributed by atoms with E-state index in [0.29, 0.717) is 15.7 Å². The first-order valence-corrected chi connectivity index (χ1v) is 7.19. The summed E-state index contributed by atoms with van der Waals surface area (Å²) in [5.74, 6) is -0.153. The van der Waals surface area contributed by atoms with Gasteiger partial charge in [-0.25, -0.2) is 0 Å². The molecule has 0 spiro atoms. The Morgan fingerprint density at radius 2 is 1.86 bits per heavy atom. The molecule has 21 heavy (non-hydrogen) atoms. The van der Waals surface area contributed by atoms with E-state index in [1.165, 1.54) is 0 Å². The van der Waals surface area contributed by atoms with Crippen LogP contribution in [0.1, 0.15) is 5.56 Å². The van der Waals surface area contributed by atoms with Gasteiger partial charge >= 0.3 is 0 Å². The van der Waals surface area contributed by atoms with Gasteiger partial charge in [0.15, 0.2) is 0 Å². The van der Waals surface area contributed by atoms with Gasteiger partial charge in [0.25, 0.3) is 0 Å². The lowest BCUT2D eigenvalue weighted by molar-refractivity contribution is -0.115.